The van der Waals surface area contributed by atoms with Gasteiger partial charge in [0.25, 0.3) is 0 Å². The lowest BCUT2D eigenvalue weighted by Crippen LogP contribution is -1.87. The molecule has 0 aliphatic rings. The first-order valence-electron chi connectivity index (χ1n) is 5.22. The fourth-order valence-corrected chi connectivity index (χ4v) is 1.38. The van der Waals surface area contributed by atoms with Crippen molar-refractivity contribution in [2.75, 3.05) is 0 Å². The monoisotopic (exact) mass is 202 g/mol. The molecule has 0 fully saturated rings. The van der Waals surface area contributed by atoms with Crippen molar-refractivity contribution in [2.45, 2.75) is 26.2 Å². The Morgan fingerprint density at radius 3 is 2.80 bits per heavy atom. The molecule has 0 saturated heterocycles. The van der Waals surface area contributed by atoms with E-state index in [9.17, 15) is 0 Å². The fourth-order valence-electron chi connectivity index (χ4n) is 1.38. The lowest BCUT2D eigenvalue weighted by molar-refractivity contribution is 0.756. The second kappa shape index (κ2) is 4.68. The summed E-state index contributed by atoms with van der Waals surface area (Å²) in [5, 5.41) is 7.13. The van der Waals surface area contributed by atoms with Gasteiger partial charge in [0.05, 0.1) is 0 Å². The van der Waals surface area contributed by atoms with Crippen molar-refractivity contribution < 1.29 is 0 Å². The summed E-state index contributed by atoms with van der Waals surface area (Å²) in [4.78, 5) is 8.39. The maximum absolute atomic E-state index is 4.42. The quantitative estimate of drug-likeness (QED) is 0.827. The minimum Gasteiger partial charge on any atom is -0.265 e. The molecular weight excluding hydrogens is 188 g/mol. The van der Waals surface area contributed by atoms with Crippen LogP contribution in [0.15, 0.2) is 24.5 Å². The average molecular weight is 202 g/mol. The van der Waals surface area contributed by atoms with Gasteiger partial charge < -0.3 is 0 Å². The average Bonchev–Trinajstić information content (AvgIpc) is 2.76. The third kappa shape index (κ3) is 2.40. The van der Waals surface area contributed by atoms with E-state index in [0.717, 1.165) is 30.1 Å². The molecule has 0 amide bonds. The zero-order valence-electron chi connectivity index (χ0n) is 8.77. The van der Waals surface area contributed by atoms with Gasteiger partial charge in [0.1, 0.15) is 5.82 Å². The summed E-state index contributed by atoms with van der Waals surface area (Å²) in [7, 11) is 0. The van der Waals surface area contributed by atoms with E-state index in [0.29, 0.717) is 0 Å². The van der Waals surface area contributed by atoms with Gasteiger partial charge in [-0.3, -0.25) is 10.1 Å². The van der Waals surface area contributed by atoms with Gasteiger partial charge in [-0.1, -0.05) is 13.3 Å². The highest BCUT2D eigenvalue weighted by molar-refractivity contribution is 5.52. The zero-order chi connectivity index (χ0) is 10.5. The molecule has 78 valence electrons. The second-order valence-electron chi connectivity index (χ2n) is 3.45. The molecule has 4 nitrogen and oxygen atoms in total. The Morgan fingerprint density at radius 2 is 2.07 bits per heavy atom. The molecule has 2 heterocycles. The first kappa shape index (κ1) is 9.83. The van der Waals surface area contributed by atoms with Crippen LogP contribution in [0.3, 0.4) is 0 Å². The summed E-state index contributed by atoms with van der Waals surface area (Å²) >= 11 is 0. The summed E-state index contributed by atoms with van der Waals surface area (Å²) < 4.78 is 0. The lowest BCUT2D eigenvalue weighted by Gasteiger charge is -1.92. The van der Waals surface area contributed by atoms with Gasteiger partial charge in [0, 0.05) is 24.4 Å². The third-order valence-corrected chi connectivity index (χ3v) is 2.24. The number of rotatable bonds is 4. The predicted octanol–water partition coefficient (Wildman–Crippen LogP) is 2.21. The van der Waals surface area contributed by atoms with E-state index in [-0.39, 0.29) is 0 Å². The third-order valence-electron chi connectivity index (χ3n) is 2.24. The summed E-state index contributed by atoms with van der Waals surface area (Å²) in [6, 6.07) is 3.82. The molecule has 2 aromatic heterocycles. The van der Waals surface area contributed by atoms with Gasteiger partial charge >= 0.3 is 0 Å². The molecule has 0 unspecified atom stereocenters. The van der Waals surface area contributed by atoms with Gasteiger partial charge in [-0.05, 0) is 18.6 Å². The maximum Gasteiger partial charge on any atom is 0.181 e. The highest BCUT2D eigenvalue weighted by atomic mass is 15.2. The Bertz CT molecular complexity index is 408. The van der Waals surface area contributed by atoms with Crippen LogP contribution < -0.4 is 0 Å². The van der Waals surface area contributed by atoms with Crippen LogP contribution in [0, 0.1) is 0 Å². The van der Waals surface area contributed by atoms with E-state index >= 15 is 0 Å². The Balaban J connectivity index is 2.14. The molecule has 0 radical (unpaired) electrons. The predicted molar refractivity (Wildman–Crippen MR) is 58.2 cm³/mol. The molecule has 1 N–H and O–H groups in total. The molecule has 0 bridgehead atoms. The number of unbranched alkanes of at least 4 members (excludes halogenated alkanes) is 1. The van der Waals surface area contributed by atoms with Crippen molar-refractivity contribution in [1.82, 2.24) is 20.2 Å². The van der Waals surface area contributed by atoms with Crippen molar-refractivity contribution >= 4 is 0 Å². The first-order chi connectivity index (χ1) is 7.40. The largest absolute Gasteiger partial charge is 0.265 e. The molecule has 0 spiro atoms. The van der Waals surface area contributed by atoms with Crippen LogP contribution in [0.2, 0.25) is 0 Å². The Labute approximate surface area is 88.8 Å². The molecule has 0 saturated carbocycles. The van der Waals surface area contributed by atoms with Gasteiger partial charge in [-0.15, -0.1) is 0 Å². The number of pyridine rings is 1. The van der Waals surface area contributed by atoms with Gasteiger partial charge in [0.2, 0.25) is 0 Å². The Morgan fingerprint density at radius 1 is 1.27 bits per heavy atom. The Hall–Kier alpha value is -1.71. The van der Waals surface area contributed by atoms with Gasteiger partial charge in [-0.25, -0.2) is 4.98 Å². The molecular formula is C11H14N4. The molecule has 15 heavy (non-hydrogen) atoms. The fraction of sp³-hybridized carbons (Fsp3) is 0.364. The van der Waals surface area contributed by atoms with Crippen molar-refractivity contribution in [1.29, 1.82) is 0 Å². The molecule has 2 rings (SSSR count). The zero-order valence-corrected chi connectivity index (χ0v) is 8.77. The van der Waals surface area contributed by atoms with Crippen LogP contribution >= 0.6 is 0 Å². The summed E-state index contributed by atoms with van der Waals surface area (Å²) in [5.74, 6) is 1.71. The van der Waals surface area contributed by atoms with Gasteiger partial charge in [0.15, 0.2) is 5.82 Å². The van der Waals surface area contributed by atoms with E-state index in [1.165, 1.54) is 6.42 Å². The summed E-state index contributed by atoms with van der Waals surface area (Å²) in [6.45, 7) is 2.17. The topological polar surface area (TPSA) is 54.5 Å². The lowest BCUT2D eigenvalue weighted by atomic mass is 10.2. The van der Waals surface area contributed by atoms with Crippen LogP contribution in [0.5, 0.6) is 0 Å². The van der Waals surface area contributed by atoms with Crippen LogP contribution in [-0.4, -0.2) is 20.2 Å². The summed E-state index contributed by atoms with van der Waals surface area (Å²) in [5.41, 5.74) is 1.00. The number of aryl methyl sites for hydroxylation is 1. The number of nitrogens with zero attached hydrogens (tertiary/aromatic N) is 3. The minimum absolute atomic E-state index is 0.753. The molecule has 0 aliphatic heterocycles. The van der Waals surface area contributed by atoms with Crippen molar-refractivity contribution in [3.8, 4) is 11.4 Å². The molecule has 0 atom stereocenters. The molecule has 2 aromatic rings. The van der Waals surface area contributed by atoms with Crippen LogP contribution in [0.1, 0.15) is 25.6 Å². The standard InChI is InChI=1S/C11H14N4/c1-2-3-4-10-13-11(15-14-10)9-5-7-12-8-6-9/h5-8H,2-4H2,1H3,(H,13,14,15). The van der Waals surface area contributed by atoms with E-state index in [2.05, 4.69) is 27.1 Å². The van der Waals surface area contributed by atoms with E-state index in [1.54, 1.807) is 12.4 Å². The van der Waals surface area contributed by atoms with Crippen molar-refractivity contribution in [2.24, 2.45) is 0 Å². The molecule has 4 heteroatoms. The van der Waals surface area contributed by atoms with E-state index in [4.69, 9.17) is 0 Å². The molecule has 0 aromatic carbocycles. The smallest absolute Gasteiger partial charge is 0.181 e. The van der Waals surface area contributed by atoms with E-state index < -0.39 is 0 Å². The second-order valence-corrected chi connectivity index (χ2v) is 3.45. The highest BCUT2D eigenvalue weighted by Crippen LogP contribution is 2.12. The number of aromatic amines is 1. The van der Waals surface area contributed by atoms with Crippen molar-refractivity contribution in [3.05, 3.63) is 30.4 Å². The molecule has 0 aliphatic carbocycles. The number of nitrogens with one attached hydrogen (secondary N) is 1. The van der Waals surface area contributed by atoms with Crippen LogP contribution in [0.25, 0.3) is 11.4 Å². The van der Waals surface area contributed by atoms with E-state index in [1.807, 2.05) is 12.1 Å². The van der Waals surface area contributed by atoms with Crippen LogP contribution in [-0.2, 0) is 6.42 Å². The maximum atomic E-state index is 4.42. The SMILES string of the molecule is CCCCc1nc(-c2ccncc2)n[nH]1. The van der Waals surface area contributed by atoms with Crippen molar-refractivity contribution in [3.63, 3.8) is 0 Å². The number of aromatic nitrogens is 4. The summed E-state index contributed by atoms with van der Waals surface area (Å²) in [6.07, 6.45) is 6.78. The number of hydrogen-bond donors (Lipinski definition) is 1. The number of H-pyrrole nitrogens is 1. The highest BCUT2D eigenvalue weighted by Gasteiger charge is 2.04. The normalized spacial score (nSPS) is 10.5. The van der Waals surface area contributed by atoms with Gasteiger partial charge in [-0.2, -0.15) is 5.10 Å². The minimum atomic E-state index is 0.753. The number of hydrogen-bond acceptors (Lipinski definition) is 3. The van der Waals surface area contributed by atoms with Crippen LogP contribution in [0.4, 0.5) is 0 Å². The first-order valence-corrected chi connectivity index (χ1v) is 5.22. The Kier molecular flexibility index (Phi) is 3.07.